The summed E-state index contributed by atoms with van der Waals surface area (Å²) in [5.41, 5.74) is 5.01. The first kappa shape index (κ1) is 44.1. The Kier molecular flexibility index (Phi) is 10.4. The Bertz CT molecular complexity index is 3140. The van der Waals surface area contributed by atoms with Crippen molar-refractivity contribution in [3.8, 4) is 11.1 Å². The maximum absolute atomic E-state index is 16.0. The van der Waals surface area contributed by atoms with Crippen LogP contribution in [-0.4, -0.2) is 127 Å². The van der Waals surface area contributed by atoms with Crippen LogP contribution in [0.5, 0.6) is 0 Å². The number of rotatable bonds is 10. The number of hydrogen-bond acceptors (Lipinski definition) is 11. The van der Waals surface area contributed by atoms with Crippen molar-refractivity contribution in [2.24, 2.45) is 12.5 Å². The van der Waals surface area contributed by atoms with E-state index >= 15 is 13.2 Å². The van der Waals surface area contributed by atoms with Crippen LogP contribution < -0.4 is 20.4 Å². The molecular formula is C49H47F3N12O5S. The van der Waals surface area contributed by atoms with Crippen molar-refractivity contribution in [3.63, 3.8) is 0 Å². The molecule has 4 saturated heterocycles. The molecule has 6 aliphatic heterocycles. The summed E-state index contributed by atoms with van der Waals surface area (Å²) < 4.78 is 51.3. The number of nitrogens with zero attached hydrogens (tertiary/aromatic N) is 10. The van der Waals surface area contributed by atoms with Crippen LogP contribution in [0.4, 0.5) is 34.6 Å². The predicted octanol–water partition coefficient (Wildman–Crippen LogP) is 5.53. The van der Waals surface area contributed by atoms with Crippen LogP contribution in [0.2, 0.25) is 0 Å². The van der Waals surface area contributed by atoms with Gasteiger partial charge in [0.15, 0.2) is 17.0 Å². The zero-order valence-electron chi connectivity index (χ0n) is 38.0. The minimum absolute atomic E-state index is 0.0775. The molecule has 12 rings (SSSR count). The third-order valence-corrected chi connectivity index (χ3v) is 15.6. The molecule has 360 valence electrons. The van der Waals surface area contributed by atoms with Crippen molar-refractivity contribution >= 4 is 68.5 Å². The molecule has 2 unspecified atom stereocenters. The van der Waals surface area contributed by atoms with Crippen LogP contribution in [0, 0.1) is 11.2 Å². The summed E-state index contributed by atoms with van der Waals surface area (Å²) in [6.07, 6.45) is 5.19. The second-order valence-electron chi connectivity index (χ2n) is 19.5. The molecule has 3 aromatic heterocycles. The smallest absolute Gasteiger partial charge is 0.329 e. The van der Waals surface area contributed by atoms with Crippen LogP contribution in [0.3, 0.4) is 0 Å². The Morgan fingerprint density at radius 2 is 1.76 bits per heavy atom. The molecule has 0 saturated carbocycles. The summed E-state index contributed by atoms with van der Waals surface area (Å²) in [5.74, 6) is -5.77. The molecule has 4 fully saturated rings. The number of imidazole rings is 1. The summed E-state index contributed by atoms with van der Waals surface area (Å²) in [4.78, 5) is 82.7. The molecule has 3 aromatic carbocycles. The van der Waals surface area contributed by atoms with E-state index in [1.54, 1.807) is 63.7 Å². The summed E-state index contributed by atoms with van der Waals surface area (Å²) >= 11 is 1.26. The van der Waals surface area contributed by atoms with Crippen molar-refractivity contribution < 1.29 is 37.1 Å². The first-order valence-corrected chi connectivity index (χ1v) is 24.3. The Hall–Kier alpha value is -7.13. The van der Waals surface area contributed by atoms with E-state index in [-0.39, 0.29) is 60.8 Å². The predicted molar refractivity (Wildman–Crippen MR) is 252 cm³/mol. The number of aryl methyl sites for hydroxylation is 2. The molecule has 70 heavy (non-hydrogen) atoms. The lowest BCUT2D eigenvalue weighted by atomic mass is 9.72. The van der Waals surface area contributed by atoms with Crippen molar-refractivity contribution in [2.75, 3.05) is 67.5 Å². The summed E-state index contributed by atoms with van der Waals surface area (Å²) in [5, 5.41) is 12.4. The van der Waals surface area contributed by atoms with E-state index in [1.165, 1.54) is 27.2 Å². The number of nitrogens with one attached hydrogen (secondary N) is 2. The number of carbonyl (C=O) groups excluding carboxylic acids is 5. The van der Waals surface area contributed by atoms with Crippen LogP contribution in [0.1, 0.15) is 64.1 Å². The van der Waals surface area contributed by atoms with Crippen LogP contribution in [0.25, 0.3) is 22.0 Å². The lowest BCUT2D eigenvalue weighted by Gasteiger charge is -2.61. The topological polar surface area (TPSA) is 174 Å². The van der Waals surface area contributed by atoms with Crippen LogP contribution >= 0.6 is 11.3 Å². The number of halogens is 3. The number of hydrogen-bond donors (Lipinski definition) is 2. The van der Waals surface area contributed by atoms with Crippen molar-refractivity contribution in [2.45, 2.75) is 56.7 Å². The van der Waals surface area contributed by atoms with E-state index in [4.69, 9.17) is 0 Å². The highest BCUT2D eigenvalue weighted by molar-refractivity contribution is 7.13. The van der Waals surface area contributed by atoms with Gasteiger partial charge in [-0.1, -0.05) is 18.2 Å². The van der Waals surface area contributed by atoms with Gasteiger partial charge < -0.3 is 19.3 Å². The van der Waals surface area contributed by atoms with E-state index in [2.05, 4.69) is 30.6 Å². The molecule has 0 aliphatic carbocycles. The average Bonchev–Trinajstić information content (AvgIpc) is 4.16. The molecule has 2 atom stereocenters. The van der Waals surface area contributed by atoms with E-state index < -0.39 is 48.1 Å². The van der Waals surface area contributed by atoms with E-state index in [1.807, 2.05) is 28.8 Å². The fourth-order valence-corrected chi connectivity index (χ4v) is 11.9. The molecule has 6 aliphatic rings. The number of urea groups is 1. The molecule has 0 radical (unpaired) electrons. The minimum Gasteiger partial charge on any atom is -0.370 e. The number of carbonyl (C=O) groups is 5. The van der Waals surface area contributed by atoms with Gasteiger partial charge in [-0.15, -0.1) is 11.3 Å². The van der Waals surface area contributed by atoms with Gasteiger partial charge in [-0.05, 0) is 78.9 Å². The standard InChI is InChI=1S/C49H47F3N12O5S/c1-58-38-19-29(6-9-32(38)43(57-58)63-15-11-39(65)55-47(63)69)35-10-14-59(26-49(35,51)52)21-40(66)62-24-48(25-62)22-61(23-48)31-7-4-28(5-8-31)30-17-33-34(36(50)18-30)20-64(45(33)68)42(44(67)56-46-53-12-16-70-46)41-37-3-2-13-60(37)27-54-41/h4-9,12,16-19,27,35,42H,2-3,10-11,13-15,20-26H2,1H3,(H,53,56,67)(H,55,65,69). The summed E-state index contributed by atoms with van der Waals surface area (Å²) in [6.45, 7) is 3.11. The van der Waals surface area contributed by atoms with Gasteiger partial charge in [0.05, 0.1) is 43.1 Å². The Labute approximate surface area is 402 Å². The maximum atomic E-state index is 16.0. The summed E-state index contributed by atoms with van der Waals surface area (Å²) in [6, 6.07) is 14.2. The van der Waals surface area contributed by atoms with Crippen molar-refractivity contribution in [1.82, 2.24) is 44.3 Å². The second-order valence-corrected chi connectivity index (χ2v) is 20.4. The lowest BCUT2D eigenvalue weighted by Crippen LogP contribution is -2.73. The Morgan fingerprint density at radius 1 is 0.943 bits per heavy atom. The van der Waals surface area contributed by atoms with Gasteiger partial charge in [0.2, 0.25) is 11.8 Å². The third-order valence-electron chi connectivity index (χ3n) is 14.9. The van der Waals surface area contributed by atoms with E-state index in [9.17, 15) is 24.0 Å². The lowest BCUT2D eigenvalue weighted by molar-refractivity contribution is -0.149. The van der Waals surface area contributed by atoms with Gasteiger partial charge in [0, 0.05) is 97.6 Å². The largest absolute Gasteiger partial charge is 0.370 e. The number of benzene rings is 3. The Balaban J connectivity index is 0.651. The highest BCUT2D eigenvalue weighted by Crippen LogP contribution is 2.45. The fourth-order valence-electron chi connectivity index (χ4n) is 11.4. The number of anilines is 3. The molecule has 9 heterocycles. The van der Waals surface area contributed by atoms with Crippen LogP contribution in [0.15, 0.2) is 72.5 Å². The highest BCUT2D eigenvalue weighted by Gasteiger charge is 2.54. The number of thiazole rings is 1. The quantitative estimate of drug-likeness (QED) is 0.178. The van der Waals surface area contributed by atoms with Gasteiger partial charge in [-0.3, -0.25) is 44.3 Å². The molecular weight excluding hydrogens is 926 g/mol. The van der Waals surface area contributed by atoms with Gasteiger partial charge in [-0.25, -0.2) is 27.9 Å². The molecule has 17 nitrogen and oxygen atoms in total. The van der Waals surface area contributed by atoms with E-state index in [0.29, 0.717) is 58.3 Å². The van der Waals surface area contributed by atoms with Gasteiger partial charge in [-0.2, -0.15) is 5.10 Å². The molecule has 0 bridgehead atoms. The summed E-state index contributed by atoms with van der Waals surface area (Å²) in [7, 11) is 1.69. The van der Waals surface area contributed by atoms with Crippen LogP contribution in [-0.2, 0) is 40.9 Å². The number of imide groups is 1. The van der Waals surface area contributed by atoms with E-state index in [0.717, 1.165) is 49.4 Å². The van der Waals surface area contributed by atoms with Crippen molar-refractivity contribution in [1.29, 1.82) is 0 Å². The molecule has 6 aromatic rings. The molecule has 2 N–H and O–H groups in total. The van der Waals surface area contributed by atoms with Gasteiger partial charge >= 0.3 is 6.03 Å². The number of piperidine rings is 1. The molecule has 1 spiro atoms. The first-order chi connectivity index (χ1) is 33.7. The first-order valence-electron chi connectivity index (χ1n) is 23.4. The number of alkyl halides is 2. The zero-order chi connectivity index (χ0) is 48.2. The number of amides is 6. The molecule has 21 heteroatoms. The number of fused-ring (bicyclic) bond motifs is 3. The highest BCUT2D eigenvalue weighted by atomic mass is 32.1. The fraction of sp³-hybridized carbons (Fsp3) is 0.388. The maximum Gasteiger partial charge on any atom is 0.329 e. The van der Waals surface area contributed by atoms with Gasteiger partial charge in [0.1, 0.15) is 5.82 Å². The van der Waals surface area contributed by atoms with Crippen molar-refractivity contribution in [3.05, 3.63) is 106 Å². The minimum atomic E-state index is -3.10. The third kappa shape index (κ3) is 7.47. The van der Waals surface area contributed by atoms with Gasteiger partial charge in [0.25, 0.3) is 17.7 Å². The average molecular weight is 973 g/mol. The Morgan fingerprint density at radius 3 is 2.51 bits per heavy atom. The SMILES string of the molecule is Cn1nc(N2CCC(=O)NC2=O)c2ccc(C3CCN(CC(=O)N4CC5(C4)CN(c4ccc(-c6cc(F)c7c(c6)C(=O)N(C(C(=O)Nc6nccs6)c6ncn8c6CCC8)C7)cc4)C5)CC3(F)F)cc21. The zero-order valence-corrected chi connectivity index (χ0v) is 38.9. The number of aromatic nitrogens is 5. The molecule has 6 amide bonds. The number of likely N-dealkylation sites (tertiary alicyclic amines) is 2. The monoisotopic (exact) mass is 972 g/mol. The second kappa shape index (κ2) is 16.5. The normalized spacial score (nSPS) is 20.9.